The van der Waals surface area contributed by atoms with Crippen LogP contribution in [0.2, 0.25) is 0 Å². The summed E-state index contributed by atoms with van der Waals surface area (Å²) in [4.78, 5) is 43.7. The van der Waals surface area contributed by atoms with E-state index in [2.05, 4.69) is 15.1 Å². The van der Waals surface area contributed by atoms with Gasteiger partial charge >= 0.3 is 6.09 Å². The molecule has 6 fully saturated rings. The van der Waals surface area contributed by atoms with Gasteiger partial charge in [-0.2, -0.15) is 0 Å². The standard InChI is InChI=1S/C23H37N3O6/c1-4-18(23(15-31-3)20(28)17-7-11-26(23)12-8-17)32-21(29)24-13-22(14-30-2)19(27)16-5-9-25(22)10-6-16/h16-18H,4-15H2,1-3H3,(H,24,29). The van der Waals surface area contributed by atoms with Crippen LogP contribution in [0, 0.1) is 11.8 Å². The average molecular weight is 452 g/mol. The Morgan fingerprint density at radius 3 is 2.03 bits per heavy atom. The first kappa shape index (κ1) is 23.6. The minimum absolute atomic E-state index is 0.00374. The highest BCUT2D eigenvalue weighted by Gasteiger charge is 2.59. The van der Waals surface area contributed by atoms with Crippen LogP contribution < -0.4 is 5.32 Å². The number of alkyl carbamates (subject to hydrolysis) is 1. The van der Waals surface area contributed by atoms with Crippen LogP contribution in [0.4, 0.5) is 4.79 Å². The van der Waals surface area contributed by atoms with Gasteiger partial charge < -0.3 is 19.5 Å². The lowest BCUT2D eigenvalue weighted by Gasteiger charge is -2.55. The zero-order chi connectivity index (χ0) is 22.9. The minimum Gasteiger partial charge on any atom is -0.444 e. The van der Waals surface area contributed by atoms with Crippen LogP contribution in [0.1, 0.15) is 39.0 Å². The first-order valence-corrected chi connectivity index (χ1v) is 11.9. The smallest absolute Gasteiger partial charge is 0.407 e. The van der Waals surface area contributed by atoms with Crippen molar-refractivity contribution in [3.05, 3.63) is 0 Å². The summed E-state index contributed by atoms with van der Waals surface area (Å²) in [6.45, 7) is 5.78. The molecule has 0 aromatic heterocycles. The van der Waals surface area contributed by atoms with Crippen LogP contribution in [0.5, 0.6) is 0 Å². The molecule has 32 heavy (non-hydrogen) atoms. The lowest BCUT2D eigenvalue weighted by Crippen LogP contribution is -2.73. The summed E-state index contributed by atoms with van der Waals surface area (Å²) in [6, 6.07) is 0. The monoisotopic (exact) mass is 451 g/mol. The number of ether oxygens (including phenoxy) is 3. The second kappa shape index (κ2) is 9.37. The predicted octanol–water partition coefficient (Wildman–Crippen LogP) is 0.851. The number of Topliss-reactive ketones (excluding diaryl/α,β-unsaturated/α-hetero) is 2. The van der Waals surface area contributed by atoms with Gasteiger partial charge in [-0.15, -0.1) is 0 Å². The molecule has 6 heterocycles. The average Bonchev–Trinajstić information content (AvgIpc) is 2.82. The van der Waals surface area contributed by atoms with Crippen molar-refractivity contribution in [2.75, 3.05) is 60.2 Å². The highest BCUT2D eigenvalue weighted by Crippen LogP contribution is 2.41. The molecule has 9 heteroatoms. The molecule has 0 spiro atoms. The second-order valence-corrected chi connectivity index (χ2v) is 9.73. The predicted molar refractivity (Wildman–Crippen MR) is 116 cm³/mol. The van der Waals surface area contributed by atoms with Gasteiger partial charge in [0.15, 0.2) is 11.6 Å². The summed E-state index contributed by atoms with van der Waals surface area (Å²) < 4.78 is 16.8. The van der Waals surface area contributed by atoms with E-state index >= 15 is 0 Å². The lowest BCUT2D eigenvalue weighted by atomic mass is 9.70. The molecule has 180 valence electrons. The number of nitrogens with one attached hydrogen (secondary N) is 1. The number of ketones is 2. The normalized spacial score (nSPS) is 39.2. The third-order valence-corrected chi connectivity index (χ3v) is 8.21. The molecule has 0 radical (unpaired) electrons. The van der Waals surface area contributed by atoms with Gasteiger partial charge in [-0.1, -0.05) is 6.92 Å². The van der Waals surface area contributed by atoms with Crippen molar-refractivity contribution in [3.8, 4) is 0 Å². The summed E-state index contributed by atoms with van der Waals surface area (Å²) in [5.74, 6) is 0.303. The van der Waals surface area contributed by atoms with Crippen LogP contribution in [0.15, 0.2) is 0 Å². The molecule has 6 saturated heterocycles. The van der Waals surface area contributed by atoms with Gasteiger partial charge in [-0.25, -0.2) is 4.79 Å². The maximum Gasteiger partial charge on any atom is 0.407 e. The van der Waals surface area contributed by atoms with E-state index in [1.165, 1.54) is 0 Å². The van der Waals surface area contributed by atoms with Gasteiger partial charge in [0.25, 0.3) is 0 Å². The van der Waals surface area contributed by atoms with Crippen molar-refractivity contribution < 1.29 is 28.6 Å². The fraction of sp³-hybridized carbons (Fsp3) is 0.870. The van der Waals surface area contributed by atoms with Gasteiger partial charge in [0, 0.05) is 45.7 Å². The summed E-state index contributed by atoms with van der Waals surface area (Å²) in [7, 11) is 3.16. The van der Waals surface area contributed by atoms with E-state index in [0.717, 1.165) is 51.9 Å². The number of methoxy groups -OCH3 is 2. The number of piperidine rings is 6. The molecule has 0 aromatic rings. The van der Waals surface area contributed by atoms with Crippen LogP contribution >= 0.6 is 0 Å². The van der Waals surface area contributed by atoms with E-state index in [4.69, 9.17) is 14.2 Å². The molecule has 6 aliphatic heterocycles. The zero-order valence-corrected chi connectivity index (χ0v) is 19.6. The number of rotatable bonds is 9. The molecule has 6 rings (SSSR count). The van der Waals surface area contributed by atoms with Gasteiger partial charge in [-0.3, -0.25) is 19.4 Å². The molecule has 9 nitrogen and oxygen atoms in total. The van der Waals surface area contributed by atoms with Crippen molar-refractivity contribution >= 4 is 17.7 Å². The Morgan fingerprint density at radius 2 is 1.53 bits per heavy atom. The number of hydrogen-bond donors (Lipinski definition) is 1. The molecule has 1 N–H and O–H groups in total. The molecular weight excluding hydrogens is 414 g/mol. The Kier molecular flexibility index (Phi) is 6.91. The Morgan fingerprint density at radius 1 is 0.969 bits per heavy atom. The highest BCUT2D eigenvalue weighted by atomic mass is 16.6. The van der Waals surface area contributed by atoms with Crippen LogP contribution in [0.25, 0.3) is 0 Å². The molecular formula is C23H37N3O6. The van der Waals surface area contributed by atoms with Crippen molar-refractivity contribution in [1.29, 1.82) is 0 Å². The van der Waals surface area contributed by atoms with Crippen molar-refractivity contribution in [2.24, 2.45) is 11.8 Å². The Balaban J connectivity index is 1.47. The molecule has 1 amide bonds. The number of hydrogen-bond acceptors (Lipinski definition) is 8. The Bertz CT molecular complexity index is 731. The summed E-state index contributed by atoms with van der Waals surface area (Å²) >= 11 is 0. The van der Waals surface area contributed by atoms with E-state index in [9.17, 15) is 14.4 Å². The Labute approximate surface area is 190 Å². The largest absolute Gasteiger partial charge is 0.444 e. The van der Waals surface area contributed by atoms with E-state index < -0.39 is 23.3 Å². The van der Waals surface area contributed by atoms with Crippen molar-refractivity contribution in [1.82, 2.24) is 15.1 Å². The lowest BCUT2D eigenvalue weighted by molar-refractivity contribution is -0.168. The number of carbonyl (C=O) groups is 3. The van der Waals surface area contributed by atoms with E-state index in [-0.39, 0.29) is 43.2 Å². The molecule has 0 aliphatic carbocycles. The van der Waals surface area contributed by atoms with Gasteiger partial charge in [0.2, 0.25) is 0 Å². The van der Waals surface area contributed by atoms with Crippen LogP contribution in [-0.2, 0) is 23.8 Å². The summed E-state index contributed by atoms with van der Waals surface area (Å²) in [6.07, 6.45) is 2.72. The topological polar surface area (TPSA) is 97.4 Å². The zero-order valence-electron chi connectivity index (χ0n) is 19.6. The SMILES string of the molecule is CCC(OC(=O)NCC1(COC)C(=O)C2CCN1CC2)C1(COC)C(=O)C2CCN1CC2. The molecule has 0 aromatic carbocycles. The summed E-state index contributed by atoms with van der Waals surface area (Å²) in [5.41, 5.74) is -1.78. The molecule has 3 unspecified atom stereocenters. The number of amides is 1. The first-order chi connectivity index (χ1) is 15.4. The molecule has 6 aliphatic rings. The maximum atomic E-state index is 13.4. The van der Waals surface area contributed by atoms with Gasteiger partial charge in [0.05, 0.1) is 13.2 Å². The summed E-state index contributed by atoms with van der Waals surface area (Å²) in [5, 5.41) is 2.84. The molecule has 4 bridgehead atoms. The number of fused-ring (bicyclic) bond motifs is 6. The third kappa shape index (κ3) is 3.67. The fourth-order valence-electron chi connectivity index (χ4n) is 6.55. The van der Waals surface area contributed by atoms with E-state index in [0.29, 0.717) is 6.42 Å². The fourth-order valence-corrected chi connectivity index (χ4v) is 6.55. The molecule has 3 atom stereocenters. The van der Waals surface area contributed by atoms with Crippen molar-refractivity contribution in [3.63, 3.8) is 0 Å². The van der Waals surface area contributed by atoms with Crippen LogP contribution in [-0.4, -0.2) is 105 Å². The minimum atomic E-state index is -0.935. The maximum absolute atomic E-state index is 13.4. The first-order valence-electron chi connectivity index (χ1n) is 11.9. The van der Waals surface area contributed by atoms with Gasteiger partial charge in [-0.05, 0) is 45.2 Å². The van der Waals surface area contributed by atoms with E-state index in [1.54, 1.807) is 14.2 Å². The third-order valence-electron chi connectivity index (χ3n) is 8.21. The second-order valence-electron chi connectivity index (χ2n) is 9.73. The van der Waals surface area contributed by atoms with E-state index in [1.807, 2.05) is 6.92 Å². The van der Waals surface area contributed by atoms with Crippen molar-refractivity contribution in [2.45, 2.75) is 56.2 Å². The quantitative estimate of drug-likeness (QED) is 0.551. The van der Waals surface area contributed by atoms with Crippen LogP contribution in [0.3, 0.4) is 0 Å². The Hall–Kier alpha value is -1.55. The highest BCUT2D eigenvalue weighted by molar-refractivity contribution is 5.94. The molecule has 0 saturated carbocycles. The number of carbonyl (C=O) groups excluding carboxylic acids is 3. The van der Waals surface area contributed by atoms with Gasteiger partial charge in [0.1, 0.15) is 17.2 Å². The number of nitrogens with zero attached hydrogens (tertiary/aromatic N) is 2.